The highest BCUT2D eigenvalue weighted by atomic mass is 16.5. The van der Waals surface area contributed by atoms with Crippen LogP contribution in [0.2, 0.25) is 0 Å². The van der Waals surface area contributed by atoms with Gasteiger partial charge < -0.3 is 10.5 Å². The van der Waals surface area contributed by atoms with Crippen molar-refractivity contribution < 1.29 is 4.74 Å². The predicted octanol–water partition coefficient (Wildman–Crippen LogP) is 4.23. The maximum Gasteiger partial charge on any atom is 0.122 e. The zero-order chi connectivity index (χ0) is 14.7. The molecule has 0 fully saturated rings. The van der Waals surface area contributed by atoms with E-state index in [1.165, 1.54) is 10.8 Å². The normalized spacial score (nSPS) is 12.3. The van der Waals surface area contributed by atoms with Crippen LogP contribution in [0.1, 0.15) is 17.2 Å². The second kappa shape index (κ2) is 5.98. The zero-order valence-electron chi connectivity index (χ0n) is 12.1. The van der Waals surface area contributed by atoms with E-state index in [2.05, 4.69) is 24.3 Å². The number of nitrogens with two attached hydrogens (primary N) is 1. The molecule has 2 heteroatoms. The van der Waals surface area contributed by atoms with Crippen LogP contribution in [0, 0.1) is 6.92 Å². The Morgan fingerprint density at radius 3 is 2.48 bits per heavy atom. The van der Waals surface area contributed by atoms with Gasteiger partial charge in [-0.2, -0.15) is 0 Å². The number of benzene rings is 3. The van der Waals surface area contributed by atoms with Crippen LogP contribution in [0.4, 0.5) is 0 Å². The molecule has 0 aliphatic heterocycles. The summed E-state index contributed by atoms with van der Waals surface area (Å²) in [6.45, 7) is 2.51. The van der Waals surface area contributed by atoms with E-state index in [4.69, 9.17) is 10.5 Å². The second-order valence-electron chi connectivity index (χ2n) is 5.25. The molecule has 2 N–H and O–H groups in total. The lowest BCUT2D eigenvalue weighted by Gasteiger charge is -2.16. The van der Waals surface area contributed by atoms with Crippen molar-refractivity contribution in [1.29, 1.82) is 0 Å². The van der Waals surface area contributed by atoms with Crippen LogP contribution in [0.3, 0.4) is 0 Å². The first-order valence-electron chi connectivity index (χ1n) is 7.17. The molecule has 0 amide bonds. The van der Waals surface area contributed by atoms with Crippen molar-refractivity contribution in [2.45, 2.75) is 13.0 Å². The Morgan fingerprint density at radius 2 is 1.62 bits per heavy atom. The molecule has 3 rings (SSSR count). The quantitative estimate of drug-likeness (QED) is 0.774. The average molecular weight is 277 g/mol. The van der Waals surface area contributed by atoms with E-state index in [1.54, 1.807) is 0 Å². The Kier molecular flexibility index (Phi) is 3.89. The molecule has 0 saturated heterocycles. The van der Waals surface area contributed by atoms with Gasteiger partial charge in [0.25, 0.3) is 0 Å². The van der Waals surface area contributed by atoms with Crippen LogP contribution in [0.5, 0.6) is 5.75 Å². The smallest absolute Gasteiger partial charge is 0.122 e. The summed E-state index contributed by atoms with van der Waals surface area (Å²) < 4.78 is 5.88. The minimum Gasteiger partial charge on any atom is -0.491 e. The molecule has 0 aliphatic carbocycles. The molecule has 106 valence electrons. The molecule has 0 spiro atoms. The standard InChI is InChI=1S/C19H19NO/c1-14-7-2-5-12-19(14)21-13-18(20)17-11-6-9-15-8-3-4-10-16(15)17/h2-12,18H,13,20H2,1H3/t18-/m0/s1. The van der Waals surface area contributed by atoms with Gasteiger partial charge in [0.15, 0.2) is 0 Å². The molecule has 0 aromatic heterocycles. The Morgan fingerprint density at radius 1 is 0.905 bits per heavy atom. The Labute approximate surface area is 125 Å². The minimum atomic E-state index is -0.143. The van der Waals surface area contributed by atoms with Gasteiger partial charge in [0, 0.05) is 0 Å². The van der Waals surface area contributed by atoms with Crippen molar-refractivity contribution in [3.8, 4) is 5.75 Å². The predicted molar refractivity (Wildman–Crippen MR) is 87.6 cm³/mol. The molecule has 0 unspecified atom stereocenters. The number of hydrogen-bond acceptors (Lipinski definition) is 2. The first-order chi connectivity index (χ1) is 10.3. The largest absolute Gasteiger partial charge is 0.491 e. The highest BCUT2D eigenvalue weighted by Crippen LogP contribution is 2.24. The first kappa shape index (κ1) is 13.7. The number of fused-ring (bicyclic) bond motifs is 1. The molecule has 0 heterocycles. The van der Waals surface area contributed by atoms with Crippen molar-refractivity contribution in [1.82, 2.24) is 0 Å². The minimum absolute atomic E-state index is 0.143. The van der Waals surface area contributed by atoms with Crippen molar-refractivity contribution in [3.63, 3.8) is 0 Å². The zero-order valence-corrected chi connectivity index (χ0v) is 12.1. The number of hydrogen-bond donors (Lipinski definition) is 1. The summed E-state index contributed by atoms with van der Waals surface area (Å²) in [6, 6.07) is 22.4. The number of aryl methyl sites for hydroxylation is 1. The summed E-state index contributed by atoms with van der Waals surface area (Å²) in [4.78, 5) is 0. The van der Waals surface area contributed by atoms with Gasteiger partial charge in [0.05, 0.1) is 6.04 Å². The molecular weight excluding hydrogens is 258 g/mol. The summed E-state index contributed by atoms with van der Waals surface area (Å²) in [7, 11) is 0. The lowest BCUT2D eigenvalue weighted by Crippen LogP contribution is -2.19. The fraction of sp³-hybridized carbons (Fsp3) is 0.158. The third kappa shape index (κ3) is 2.91. The van der Waals surface area contributed by atoms with Crippen LogP contribution >= 0.6 is 0 Å². The number of rotatable bonds is 4. The van der Waals surface area contributed by atoms with Crippen LogP contribution < -0.4 is 10.5 Å². The van der Waals surface area contributed by atoms with E-state index in [0.29, 0.717) is 6.61 Å². The van der Waals surface area contributed by atoms with Crippen molar-refractivity contribution in [3.05, 3.63) is 77.9 Å². The molecule has 0 saturated carbocycles. The summed E-state index contributed by atoms with van der Waals surface area (Å²) in [5, 5.41) is 2.40. The van der Waals surface area contributed by atoms with E-state index in [-0.39, 0.29) is 6.04 Å². The van der Waals surface area contributed by atoms with Crippen LogP contribution in [-0.4, -0.2) is 6.61 Å². The van der Waals surface area contributed by atoms with Gasteiger partial charge in [-0.3, -0.25) is 0 Å². The molecule has 1 atom stereocenters. The van der Waals surface area contributed by atoms with Gasteiger partial charge in [0.1, 0.15) is 12.4 Å². The molecule has 0 radical (unpaired) electrons. The molecule has 3 aromatic rings. The molecule has 0 aliphatic rings. The van der Waals surface area contributed by atoms with Crippen molar-refractivity contribution >= 4 is 10.8 Å². The van der Waals surface area contributed by atoms with Gasteiger partial charge in [0.2, 0.25) is 0 Å². The first-order valence-corrected chi connectivity index (χ1v) is 7.17. The lowest BCUT2D eigenvalue weighted by molar-refractivity contribution is 0.289. The monoisotopic (exact) mass is 277 g/mol. The van der Waals surface area contributed by atoms with Crippen LogP contribution in [0.25, 0.3) is 10.8 Å². The van der Waals surface area contributed by atoms with Crippen molar-refractivity contribution in [2.24, 2.45) is 5.73 Å². The van der Waals surface area contributed by atoms with Gasteiger partial charge in [-0.05, 0) is 34.9 Å². The topological polar surface area (TPSA) is 35.2 Å². The average Bonchev–Trinajstić information content (AvgIpc) is 2.53. The highest BCUT2D eigenvalue weighted by molar-refractivity contribution is 5.86. The van der Waals surface area contributed by atoms with Crippen molar-refractivity contribution in [2.75, 3.05) is 6.61 Å². The third-order valence-electron chi connectivity index (χ3n) is 3.73. The summed E-state index contributed by atoms with van der Waals surface area (Å²) >= 11 is 0. The second-order valence-corrected chi connectivity index (χ2v) is 5.25. The van der Waals surface area contributed by atoms with Gasteiger partial charge in [-0.25, -0.2) is 0 Å². The summed E-state index contributed by atoms with van der Waals surface area (Å²) in [5.41, 5.74) is 8.59. The van der Waals surface area contributed by atoms with E-state index < -0.39 is 0 Å². The van der Waals surface area contributed by atoms with Gasteiger partial charge in [-0.15, -0.1) is 0 Å². The third-order valence-corrected chi connectivity index (χ3v) is 3.73. The SMILES string of the molecule is Cc1ccccc1OC[C@H](N)c1cccc2ccccc12. The summed E-state index contributed by atoms with van der Waals surface area (Å²) in [5.74, 6) is 0.896. The van der Waals surface area contributed by atoms with Crippen LogP contribution in [-0.2, 0) is 0 Å². The number of para-hydroxylation sites is 1. The fourth-order valence-electron chi connectivity index (χ4n) is 2.56. The lowest BCUT2D eigenvalue weighted by atomic mass is 10.00. The summed E-state index contributed by atoms with van der Waals surface area (Å²) in [6.07, 6.45) is 0. The maximum absolute atomic E-state index is 6.33. The molecule has 3 aromatic carbocycles. The van der Waals surface area contributed by atoms with Crippen LogP contribution in [0.15, 0.2) is 66.7 Å². The van der Waals surface area contributed by atoms with E-state index in [1.807, 2.05) is 49.4 Å². The Bertz CT molecular complexity index is 746. The Hall–Kier alpha value is -2.32. The van der Waals surface area contributed by atoms with Gasteiger partial charge >= 0.3 is 0 Å². The molecule has 2 nitrogen and oxygen atoms in total. The number of ether oxygens (including phenoxy) is 1. The molecule has 0 bridgehead atoms. The fourth-order valence-corrected chi connectivity index (χ4v) is 2.56. The van der Waals surface area contributed by atoms with Gasteiger partial charge in [-0.1, -0.05) is 60.7 Å². The van der Waals surface area contributed by atoms with E-state index in [9.17, 15) is 0 Å². The molecule has 21 heavy (non-hydrogen) atoms. The highest BCUT2D eigenvalue weighted by Gasteiger charge is 2.11. The molecular formula is C19H19NO. The van der Waals surface area contributed by atoms with E-state index in [0.717, 1.165) is 16.9 Å². The Balaban J connectivity index is 1.81. The van der Waals surface area contributed by atoms with E-state index >= 15 is 0 Å². The maximum atomic E-state index is 6.33.